The fourth-order valence-electron chi connectivity index (χ4n) is 2.37. The number of hydrogen-bond acceptors (Lipinski definition) is 6. The summed E-state index contributed by atoms with van der Waals surface area (Å²) in [6, 6.07) is 0. The minimum atomic E-state index is -0.297. The normalized spacial score (nSPS) is 19.1. The Labute approximate surface area is 127 Å². The number of thiophene rings is 1. The van der Waals surface area contributed by atoms with E-state index in [9.17, 15) is 9.90 Å². The molecule has 0 aromatic carbocycles. The Morgan fingerprint density at radius 2 is 2.40 bits per heavy atom. The number of aliphatic hydroxyl groups excluding tert-OH is 1. The number of aliphatic hydroxyl groups is 1. The van der Waals surface area contributed by atoms with Gasteiger partial charge >= 0.3 is 0 Å². The quantitative estimate of drug-likeness (QED) is 0.738. The van der Waals surface area contributed by atoms with Crippen LogP contribution in [0.4, 0.5) is 10.7 Å². The van der Waals surface area contributed by atoms with E-state index < -0.39 is 0 Å². The first-order chi connectivity index (χ1) is 9.58. The van der Waals surface area contributed by atoms with Gasteiger partial charge in [0.1, 0.15) is 9.88 Å². The standard InChI is InChI=1S/C13H21N3O2S2/c1-3-15-12(18)10-9(14)11(19-2)13(20-10)16-6-4-5-8(17)7-16/h8,17H,3-7,14H2,1-2H3,(H,15,18). The van der Waals surface area contributed by atoms with E-state index in [1.54, 1.807) is 11.8 Å². The topological polar surface area (TPSA) is 78.6 Å². The van der Waals surface area contributed by atoms with Crippen LogP contribution in [0.15, 0.2) is 4.90 Å². The Balaban J connectivity index is 2.32. The first-order valence-electron chi connectivity index (χ1n) is 6.75. The van der Waals surface area contributed by atoms with Crippen LogP contribution in [-0.2, 0) is 0 Å². The first-order valence-corrected chi connectivity index (χ1v) is 8.80. The minimum Gasteiger partial charge on any atom is -0.396 e. The summed E-state index contributed by atoms with van der Waals surface area (Å²) in [7, 11) is 0. The van der Waals surface area contributed by atoms with Crippen LogP contribution in [0, 0.1) is 0 Å². The van der Waals surface area contributed by atoms with Gasteiger partial charge in [-0.3, -0.25) is 4.79 Å². The highest BCUT2D eigenvalue weighted by Crippen LogP contribution is 2.44. The van der Waals surface area contributed by atoms with Gasteiger partial charge in [0.2, 0.25) is 0 Å². The van der Waals surface area contributed by atoms with Gasteiger partial charge in [-0.1, -0.05) is 0 Å². The van der Waals surface area contributed by atoms with Crippen molar-refractivity contribution in [2.45, 2.75) is 30.8 Å². The van der Waals surface area contributed by atoms with Crippen LogP contribution in [0.2, 0.25) is 0 Å². The number of nitrogens with two attached hydrogens (primary N) is 1. The second kappa shape index (κ2) is 6.69. The Kier molecular flexibility index (Phi) is 5.17. The molecule has 112 valence electrons. The molecule has 0 bridgehead atoms. The molecule has 20 heavy (non-hydrogen) atoms. The fourth-order valence-corrected chi connectivity index (χ4v) is 4.50. The van der Waals surface area contributed by atoms with Crippen molar-refractivity contribution in [3.05, 3.63) is 4.88 Å². The van der Waals surface area contributed by atoms with E-state index in [0.717, 1.165) is 29.3 Å². The van der Waals surface area contributed by atoms with E-state index in [1.807, 2.05) is 13.2 Å². The molecule has 4 N–H and O–H groups in total. The van der Waals surface area contributed by atoms with Crippen molar-refractivity contribution in [2.24, 2.45) is 0 Å². The lowest BCUT2D eigenvalue weighted by atomic mass is 10.1. The van der Waals surface area contributed by atoms with E-state index in [4.69, 9.17) is 5.73 Å². The van der Waals surface area contributed by atoms with Gasteiger partial charge in [0.25, 0.3) is 5.91 Å². The summed E-state index contributed by atoms with van der Waals surface area (Å²) in [5.74, 6) is -0.117. The number of β-amino-alcohol motifs (C(OH)–C–C–N with tert-alkyl or cyclic N) is 1. The van der Waals surface area contributed by atoms with Crippen molar-refractivity contribution in [3.8, 4) is 0 Å². The number of piperidine rings is 1. The molecule has 0 radical (unpaired) electrons. The van der Waals surface area contributed by atoms with Crippen molar-refractivity contribution in [1.29, 1.82) is 0 Å². The molecule has 1 aromatic heterocycles. The number of carbonyl (C=O) groups excluding carboxylic acids is 1. The number of anilines is 2. The summed E-state index contributed by atoms with van der Waals surface area (Å²) in [5, 5.41) is 13.6. The third-order valence-electron chi connectivity index (χ3n) is 3.31. The molecule has 0 spiro atoms. The highest BCUT2D eigenvalue weighted by molar-refractivity contribution is 7.99. The summed E-state index contributed by atoms with van der Waals surface area (Å²) in [6.07, 6.45) is 3.47. The summed E-state index contributed by atoms with van der Waals surface area (Å²) < 4.78 is 0. The number of hydrogen-bond donors (Lipinski definition) is 3. The zero-order chi connectivity index (χ0) is 14.7. The van der Waals surface area contributed by atoms with Crippen molar-refractivity contribution in [3.63, 3.8) is 0 Å². The highest BCUT2D eigenvalue weighted by atomic mass is 32.2. The molecule has 0 saturated carbocycles. The molecule has 7 heteroatoms. The Bertz CT molecular complexity index is 490. The van der Waals surface area contributed by atoms with Gasteiger partial charge in [0.05, 0.1) is 16.7 Å². The van der Waals surface area contributed by atoms with Crippen molar-refractivity contribution >= 4 is 39.7 Å². The maximum absolute atomic E-state index is 12.0. The second-order valence-corrected chi connectivity index (χ2v) is 6.60. The molecule has 2 rings (SSSR count). The summed E-state index contributed by atoms with van der Waals surface area (Å²) in [4.78, 5) is 15.7. The number of thioether (sulfide) groups is 1. The predicted molar refractivity (Wildman–Crippen MR) is 86.0 cm³/mol. The Morgan fingerprint density at radius 3 is 3.00 bits per heavy atom. The summed E-state index contributed by atoms with van der Waals surface area (Å²) >= 11 is 2.98. The molecular weight excluding hydrogens is 294 g/mol. The summed E-state index contributed by atoms with van der Waals surface area (Å²) in [6.45, 7) is 3.99. The molecule has 1 amide bonds. The molecule has 5 nitrogen and oxygen atoms in total. The average molecular weight is 315 g/mol. The van der Waals surface area contributed by atoms with Gasteiger partial charge in [-0.15, -0.1) is 23.1 Å². The molecule has 1 unspecified atom stereocenters. The number of rotatable bonds is 4. The Morgan fingerprint density at radius 1 is 1.65 bits per heavy atom. The maximum Gasteiger partial charge on any atom is 0.263 e. The summed E-state index contributed by atoms with van der Waals surface area (Å²) in [5.41, 5.74) is 6.69. The van der Waals surface area contributed by atoms with E-state index in [0.29, 0.717) is 23.7 Å². The lowest BCUT2D eigenvalue weighted by Gasteiger charge is -2.31. The molecule has 1 aliphatic heterocycles. The van der Waals surface area contributed by atoms with E-state index in [1.165, 1.54) is 11.3 Å². The lowest BCUT2D eigenvalue weighted by molar-refractivity contribution is 0.0960. The number of amides is 1. The van der Waals surface area contributed by atoms with Gasteiger partial charge in [-0.25, -0.2) is 0 Å². The van der Waals surface area contributed by atoms with Crippen LogP contribution in [-0.4, -0.2) is 43.0 Å². The zero-order valence-corrected chi connectivity index (χ0v) is 13.4. The fraction of sp³-hybridized carbons (Fsp3) is 0.615. The van der Waals surface area contributed by atoms with Crippen LogP contribution in [0.5, 0.6) is 0 Å². The van der Waals surface area contributed by atoms with Crippen molar-refractivity contribution < 1.29 is 9.90 Å². The minimum absolute atomic E-state index is 0.117. The largest absolute Gasteiger partial charge is 0.396 e. The van der Waals surface area contributed by atoms with Gasteiger partial charge in [0.15, 0.2) is 0 Å². The average Bonchev–Trinajstić information content (AvgIpc) is 2.76. The molecule has 1 fully saturated rings. The molecule has 1 aliphatic rings. The molecule has 1 saturated heterocycles. The number of carbonyl (C=O) groups is 1. The molecule has 1 atom stereocenters. The molecule has 2 heterocycles. The van der Waals surface area contributed by atoms with Crippen LogP contribution < -0.4 is 16.0 Å². The molecular formula is C13H21N3O2S2. The number of nitrogens with one attached hydrogen (secondary N) is 1. The van der Waals surface area contributed by atoms with Gasteiger partial charge in [0, 0.05) is 19.6 Å². The predicted octanol–water partition coefficient (Wildman–Crippen LogP) is 1.76. The van der Waals surface area contributed by atoms with Crippen LogP contribution in [0.1, 0.15) is 29.4 Å². The number of nitrogen functional groups attached to an aromatic ring is 1. The second-order valence-electron chi connectivity index (χ2n) is 4.78. The molecule has 1 aromatic rings. The Hall–Kier alpha value is -0.920. The van der Waals surface area contributed by atoms with Gasteiger partial charge < -0.3 is 21.1 Å². The third kappa shape index (κ3) is 3.05. The van der Waals surface area contributed by atoms with E-state index in [-0.39, 0.29) is 12.0 Å². The highest BCUT2D eigenvalue weighted by Gasteiger charge is 2.26. The van der Waals surface area contributed by atoms with E-state index in [2.05, 4.69) is 10.2 Å². The van der Waals surface area contributed by atoms with Gasteiger partial charge in [-0.2, -0.15) is 0 Å². The lowest BCUT2D eigenvalue weighted by Crippen LogP contribution is -2.38. The smallest absolute Gasteiger partial charge is 0.263 e. The van der Waals surface area contributed by atoms with Crippen LogP contribution in [0.3, 0.4) is 0 Å². The van der Waals surface area contributed by atoms with Crippen molar-refractivity contribution in [1.82, 2.24) is 5.32 Å². The SMILES string of the molecule is CCNC(=O)c1sc(N2CCCC(O)C2)c(SC)c1N. The van der Waals surface area contributed by atoms with Crippen LogP contribution >= 0.6 is 23.1 Å². The maximum atomic E-state index is 12.0. The van der Waals surface area contributed by atoms with Crippen molar-refractivity contribution in [2.75, 3.05) is 36.5 Å². The van der Waals surface area contributed by atoms with Gasteiger partial charge in [-0.05, 0) is 26.0 Å². The first kappa shape index (κ1) is 15.5. The molecule has 0 aliphatic carbocycles. The monoisotopic (exact) mass is 315 g/mol. The van der Waals surface area contributed by atoms with E-state index >= 15 is 0 Å². The zero-order valence-electron chi connectivity index (χ0n) is 11.8. The number of nitrogens with zero attached hydrogens (tertiary/aromatic N) is 1. The van der Waals surface area contributed by atoms with Crippen LogP contribution in [0.25, 0.3) is 0 Å². The third-order valence-corrected chi connectivity index (χ3v) is 5.53.